The van der Waals surface area contributed by atoms with Crippen LogP contribution in [0.25, 0.3) is 0 Å². The first-order valence-electron chi connectivity index (χ1n) is 6.53. The molecule has 0 aliphatic heterocycles. The van der Waals surface area contributed by atoms with Gasteiger partial charge in [0.2, 0.25) is 0 Å². The van der Waals surface area contributed by atoms with Gasteiger partial charge in [0.05, 0.1) is 0 Å². The van der Waals surface area contributed by atoms with Gasteiger partial charge < -0.3 is 10.2 Å². The zero-order chi connectivity index (χ0) is 12.1. The summed E-state index contributed by atoms with van der Waals surface area (Å²) in [6, 6.07) is 7.62. The van der Waals surface area contributed by atoms with E-state index in [0.717, 1.165) is 37.8 Å². The molecule has 2 nitrogen and oxygen atoms in total. The van der Waals surface area contributed by atoms with Gasteiger partial charge in [-0.3, -0.25) is 0 Å². The van der Waals surface area contributed by atoms with Crippen LogP contribution in [0.4, 0.5) is 10.1 Å². The summed E-state index contributed by atoms with van der Waals surface area (Å²) in [5.41, 5.74) is 0.985. The Bertz CT molecular complexity index is 350. The van der Waals surface area contributed by atoms with Crippen molar-refractivity contribution >= 4 is 5.69 Å². The zero-order valence-electron chi connectivity index (χ0n) is 10.5. The van der Waals surface area contributed by atoms with E-state index in [1.165, 1.54) is 18.9 Å². The summed E-state index contributed by atoms with van der Waals surface area (Å²) in [6.07, 6.45) is 3.78. The van der Waals surface area contributed by atoms with Gasteiger partial charge in [-0.15, -0.1) is 0 Å². The summed E-state index contributed by atoms with van der Waals surface area (Å²) in [7, 11) is 0. The van der Waals surface area contributed by atoms with Crippen LogP contribution in [0.3, 0.4) is 0 Å². The molecule has 0 radical (unpaired) electrons. The lowest BCUT2D eigenvalue weighted by Gasteiger charge is -2.23. The Morgan fingerprint density at radius 2 is 2.24 bits per heavy atom. The summed E-state index contributed by atoms with van der Waals surface area (Å²) in [4.78, 5) is 2.22. The fourth-order valence-electron chi connectivity index (χ4n) is 2.01. The molecule has 0 atom stereocenters. The Kier molecular flexibility index (Phi) is 4.37. The number of nitrogens with zero attached hydrogens (tertiary/aromatic N) is 1. The lowest BCUT2D eigenvalue weighted by molar-refractivity contribution is 0.620. The lowest BCUT2D eigenvalue weighted by atomic mass is 10.2. The first-order valence-corrected chi connectivity index (χ1v) is 6.53. The van der Waals surface area contributed by atoms with Crippen molar-refractivity contribution in [2.24, 2.45) is 0 Å². The first-order chi connectivity index (χ1) is 8.29. The van der Waals surface area contributed by atoms with Crippen molar-refractivity contribution in [2.45, 2.75) is 32.2 Å². The van der Waals surface area contributed by atoms with E-state index in [4.69, 9.17) is 0 Å². The summed E-state index contributed by atoms with van der Waals surface area (Å²) >= 11 is 0. The predicted octanol–water partition coefficient (Wildman–Crippen LogP) is 2.79. The molecule has 1 fully saturated rings. The maximum Gasteiger partial charge on any atom is 0.125 e. The van der Waals surface area contributed by atoms with Crippen molar-refractivity contribution < 1.29 is 4.39 Å². The average Bonchev–Trinajstić information content (AvgIpc) is 3.13. The molecule has 0 bridgehead atoms. The largest absolute Gasteiger partial charge is 0.372 e. The van der Waals surface area contributed by atoms with Crippen LogP contribution in [0.5, 0.6) is 0 Å². The van der Waals surface area contributed by atoms with E-state index in [0.29, 0.717) is 0 Å². The van der Waals surface area contributed by atoms with Crippen molar-refractivity contribution in [3.05, 3.63) is 30.1 Å². The van der Waals surface area contributed by atoms with Crippen molar-refractivity contribution in [2.75, 3.05) is 24.5 Å². The van der Waals surface area contributed by atoms with E-state index in [9.17, 15) is 4.39 Å². The second-order valence-corrected chi connectivity index (χ2v) is 4.64. The smallest absolute Gasteiger partial charge is 0.125 e. The molecule has 0 aromatic heterocycles. The highest BCUT2D eigenvalue weighted by Gasteiger charge is 2.19. The second-order valence-electron chi connectivity index (χ2n) is 4.64. The number of halogens is 1. The molecule has 0 amide bonds. The number of benzene rings is 1. The van der Waals surface area contributed by atoms with Gasteiger partial charge in [-0.1, -0.05) is 6.07 Å². The Labute approximate surface area is 103 Å². The van der Waals surface area contributed by atoms with Gasteiger partial charge in [-0.2, -0.15) is 0 Å². The molecule has 1 aromatic carbocycles. The highest BCUT2D eigenvalue weighted by molar-refractivity contribution is 5.46. The minimum Gasteiger partial charge on any atom is -0.372 e. The van der Waals surface area contributed by atoms with Crippen LogP contribution in [0.1, 0.15) is 26.2 Å². The number of anilines is 1. The summed E-state index contributed by atoms with van der Waals surface area (Å²) in [5.74, 6) is -0.156. The second kappa shape index (κ2) is 6.01. The molecule has 1 N–H and O–H groups in total. The molecule has 0 heterocycles. The Hall–Kier alpha value is -1.09. The van der Waals surface area contributed by atoms with Gasteiger partial charge >= 0.3 is 0 Å². The first kappa shape index (κ1) is 12.4. The van der Waals surface area contributed by atoms with Gasteiger partial charge in [0.25, 0.3) is 0 Å². The molecular weight excluding hydrogens is 215 g/mol. The summed E-state index contributed by atoms with van der Waals surface area (Å²) in [6.45, 7) is 5.09. The molecule has 1 aliphatic rings. The van der Waals surface area contributed by atoms with Crippen LogP contribution in [-0.4, -0.2) is 25.7 Å². The maximum absolute atomic E-state index is 13.1. The molecular formula is C14H21FN2. The van der Waals surface area contributed by atoms with Crippen LogP contribution in [-0.2, 0) is 0 Å². The molecule has 2 rings (SSSR count). The van der Waals surface area contributed by atoms with E-state index < -0.39 is 0 Å². The van der Waals surface area contributed by atoms with E-state index in [1.807, 2.05) is 6.07 Å². The third-order valence-corrected chi connectivity index (χ3v) is 3.17. The molecule has 3 heteroatoms. The maximum atomic E-state index is 13.1. The highest BCUT2D eigenvalue weighted by Crippen LogP contribution is 2.19. The van der Waals surface area contributed by atoms with Crippen molar-refractivity contribution in [1.82, 2.24) is 5.32 Å². The molecule has 0 spiro atoms. The molecule has 1 aliphatic carbocycles. The van der Waals surface area contributed by atoms with Gasteiger partial charge in [-0.25, -0.2) is 4.39 Å². The minimum absolute atomic E-state index is 0.156. The van der Waals surface area contributed by atoms with E-state index in [2.05, 4.69) is 17.1 Å². The van der Waals surface area contributed by atoms with Crippen molar-refractivity contribution in [3.8, 4) is 0 Å². The van der Waals surface area contributed by atoms with E-state index >= 15 is 0 Å². The average molecular weight is 236 g/mol. The molecule has 94 valence electrons. The van der Waals surface area contributed by atoms with E-state index in [1.54, 1.807) is 12.1 Å². The van der Waals surface area contributed by atoms with Gasteiger partial charge in [-0.05, 0) is 50.9 Å². The van der Waals surface area contributed by atoms with Gasteiger partial charge in [0.1, 0.15) is 5.82 Å². The summed E-state index contributed by atoms with van der Waals surface area (Å²) < 4.78 is 13.1. The molecule has 1 saturated carbocycles. The lowest BCUT2D eigenvalue weighted by Crippen LogP contribution is -2.27. The van der Waals surface area contributed by atoms with Crippen molar-refractivity contribution in [1.29, 1.82) is 0 Å². The Morgan fingerprint density at radius 3 is 2.88 bits per heavy atom. The van der Waals surface area contributed by atoms with Crippen LogP contribution >= 0.6 is 0 Å². The number of nitrogens with one attached hydrogen (secondary N) is 1. The fourth-order valence-corrected chi connectivity index (χ4v) is 2.01. The zero-order valence-corrected chi connectivity index (χ0v) is 10.5. The summed E-state index contributed by atoms with van der Waals surface area (Å²) in [5, 5.41) is 3.50. The van der Waals surface area contributed by atoms with Crippen molar-refractivity contribution in [3.63, 3.8) is 0 Å². The third-order valence-electron chi connectivity index (χ3n) is 3.17. The normalized spacial score (nSPS) is 14.9. The SMILES string of the molecule is CCN(CCCNC1CC1)c1cccc(F)c1. The van der Waals surface area contributed by atoms with Crippen LogP contribution < -0.4 is 10.2 Å². The third kappa shape index (κ3) is 4.00. The molecule has 0 saturated heterocycles. The fraction of sp³-hybridized carbons (Fsp3) is 0.571. The minimum atomic E-state index is -0.156. The van der Waals surface area contributed by atoms with Crippen LogP contribution in [0.2, 0.25) is 0 Å². The number of rotatable bonds is 7. The predicted molar refractivity (Wildman–Crippen MR) is 69.9 cm³/mol. The molecule has 17 heavy (non-hydrogen) atoms. The monoisotopic (exact) mass is 236 g/mol. The number of hydrogen-bond acceptors (Lipinski definition) is 2. The molecule has 0 unspecified atom stereocenters. The number of hydrogen-bond donors (Lipinski definition) is 1. The van der Waals surface area contributed by atoms with Crippen LogP contribution in [0.15, 0.2) is 24.3 Å². The quantitative estimate of drug-likeness (QED) is 0.732. The highest BCUT2D eigenvalue weighted by atomic mass is 19.1. The topological polar surface area (TPSA) is 15.3 Å². The van der Waals surface area contributed by atoms with E-state index in [-0.39, 0.29) is 5.82 Å². The standard InChI is InChI=1S/C14H21FN2/c1-2-17(10-4-9-16-13-7-8-13)14-6-3-5-12(15)11-14/h3,5-6,11,13,16H,2,4,7-10H2,1H3. The molecule has 1 aromatic rings. The van der Waals surface area contributed by atoms with Gasteiger partial charge in [0.15, 0.2) is 0 Å². The Morgan fingerprint density at radius 1 is 1.41 bits per heavy atom. The Balaban J connectivity index is 1.78. The van der Waals surface area contributed by atoms with Gasteiger partial charge in [0, 0.05) is 24.8 Å². The van der Waals surface area contributed by atoms with Crippen LogP contribution in [0, 0.1) is 5.82 Å².